The van der Waals surface area contributed by atoms with Crippen LogP contribution in [0.5, 0.6) is 0 Å². The number of hydrogen-bond acceptors (Lipinski definition) is 3. The molecule has 64 heavy (non-hydrogen) atoms. The molecule has 1 atom stereocenters. The Kier molecular flexibility index (Phi) is 8.13. The predicted octanol–water partition coefficient (Wildman–Crippen LogP) is 16.7. The van der Waals surface area contributed by atoms with E-state index >= 15 is 0 Å². The van der Waals surface area contributed by atoms with E-state index in [1.807, 2.05) is 6.07 Å². The van der Waals surface area contributed by atoms with Crippen LogP contribution in [0.3, 0.4) is 0 Å². The average Bonchev–Trinajstić information content (AvgIpc) is 4.04. The monoisotopic (exact) mass is 817 g/mol. The molecule has 3 nitrogen and oxygen atoms in total. The second-order valence-corrected chi connectivity index (χ2v) is 16.7. The van der Waals surface area contributed by atoms with Crippen molar-refractivity contribution in [1.82, 2.24) is 0 Å². The molecule has 1 aliphatic carbocycles. The Balaban J connectivity index is 1.10. The highest BCUT2D eigenvalue weighted by molar-refractivity contribution is 6.16. The summed E-state index contributed by atoms with van der Waals surface area (Å²) in [5.74, 6) is 0. The number of para-hydroxylation sites is 1. The number of furan rings is 2. The summed E-state index contributed by atoms with van der Waals surface area (Å²) in [4.78, 5) is 2.41. The minimum atomic E-state index is -0.622. The Morgan fingerprint density at radius 3 is 1.69 bits per heavy atom. The first kappa shape index (κ1) is 36.3. The molecule has 13 rings (SSSR count). The van der Waals surface area contributed by atoms with Crippen LogP contribution in [0.1, 0.15) is 22.3 Å². The molecule has 300 valence electrons. The van der Waals surface area contributed by atoms with Gasteiger partial charge >= 0.3 is 0 Å². The highest BCUT2D eigenvalue weighted by Gasteiger charge is 2.47. The van der Waals surface area contributed by atoms with Crippen LogP contribution in [0.15, 0.2) is 245 Å². The van der Waals surface area contributed by atoms with E-state index in [1.165, 1.54) is 44.5 Å². The molecular weight excluding hydrogens is 779 g/mol. The summed E-state index contributed by atoms with van der Waals surface area (Å²) in [6, 6.07) is 85.3. The van der Waals surface area contributed by atoms with E-state index in [4.69, 9.17) is 8.83 Å². The van der Waals surface area contributed by atoms with Crippen LogP contribution in [-0.2, 0) is 5.41 Å². The number of nitrogens with zero attached hydrogens (tertiary/aromatic N) is 1. The molecule has 10 aromatic carbocycles. The molecule has 0 aliphatic heterocycles. The Labute approximate surface area is 370 Å². The normalized spacial score (nSPS) is 14.3. The zero-order valence-electron chi connectivity index (χ0n) is 34.8. The summed E-state index contributed by atoms with van der Waals surface area (Å²) in [6.45, 7) is 0. The lowest BCUT2D eigenvalue weighted by Crippen LogP contribution is -2.29. The molecule has 0 saturated heterocycles. The summed E-state index contributed by atoms with van der Waals surface area (Å²) in [5, 5.41) is 4.29. The lowest BCUT2D eigenvalue weighted by atomic mass is 9.67. The van der Waals surface area contributed by atoms with Crippen LogP contribution in [0, 0.1) is 0 Å². The zero-order valence-corrected chi connectivity index (χ0v) is 34.8. The van der Waals surface area contributed by atoms with Gasteiger partial charge < -0.3 is 13.7 Å². The third-order valence-corrected chi connectivity index (χ3v) is 13.3. The number of benzene rings is 10. The molecule has 12 aromatic rings. The lowest BCUT2D eigenvalue weighted by Gasteiger charge is -2.35. The number of hydrogen-bond donors (Lipinski definition) is 0. The molecule has 1 aliphatic rings. The maximum absolute atomic E-state index is 6.60. The second kappa shape index (κ2) is 14.3. The van der Waals surface area contributed by atoms with Crippen molar-refractivity contribution in [2.75, 3.05) is 4.90 Å². The van der Waals surface area contributed by atoms with Crippen LogP contribution in [0.25, 0.3) is 77.3 Å². The molecule has 0 fully saturated rings. The fourth-order valence-electron chi connectivity index (χ4n) is 10.7. The van der Waals surface area contributed by atoms with Gasteiger partial charge in [0.25, 0.3) is 0 Å². The standard InChI is InChI=1S/C61H39NO2/c1-4-18-40(19-5-1)46-28-15-31-52-58(46)48-26-10-12-30-51(48)61(52,42-22-8-3-9-23-42)43-24-14-25-44(38-43)62(53-32-17-35-57-60(53)49-27-11-13-33-54(49)63-57)45-36-37-55-50(39-45)59-47(29-16-34-56(59)64-55)41-20-6-2-7-21-41/h1-39H. The molecule has 0 spiro atoms. The van der Waals surface area contributed by atoms with Crippen LogP contribution < -0.4 is 4.90 Å². The fourth-order valence-corrected chi connectivity index (χ4v) is 10.7. The quantitative estimate of drug-likeness (QED) is 0.160. The predicted molar refractivity (Wildman–Crippen MR) is 264 cm³/mol. The summed E-state index contributed by atoms with van der Waals surface area (Å²) >= 11 is 0. The number of fused-ring (bicyclic) bond motifs is 9. The van der Waals surface area contributed by atoms with Gasteiger partial charge in [0.15, 0.2) is 0 Å². The van der Waals surface area contributed by atoms with E-state index in [9.17, 15) is 0 Å². The van der Waals surface area contributed by atoms with Crippen molar-refractivity contribution in [3.63, 3.8) is 0 Å². The van der Waals surface area contributed by atoms with Gasteiger partial charge in [-0.1, -0.05) is 182 Å². The van der Waals surface area contributed by atoms with Gasteiger partial charge in [0.05, 0.1) is 16.5 Å². The molecule has 0 N–H and O–H groups in total. The molecule has 3 heteroatoms. The largest absolute Gasteiger partial charge is 0.456 e. The molecular formula is C61H39NO2. The van der Waals surface area contributed by atoms with Crippen molar-refractivity contribution >= 4 is 60.9 Å². The average molecular weight is 818 g/mol. The Hall–Kier alpha value is -8.40. The summed E-state index contributed by atoms with van der Waals surface area (Å²) in [5.41, 5.74) is 18.1. The minimum Gasteiger partial charge on any atom is -0.456 e. The molecule has 0 bridgehead atoms. The molecule has 0 saturated carbocycles. The van der Waals surface area contributed by atoms with E-state index in [2.05, 4.69) is 235 Å². The summed E-state index contributed by atoms with van der Waals surface area (Å²) in [7, 11) is 0. The molecule has 0 amide bonds. The number of anilines is 3. The molecule has 1 unspecified atom stereocenters. The third kappa shape index (κ3) is 5.34. The van der Waals surface area contributed by atoms with Crippen molar-refractivity contribution in [3.05, 3.63) is 259 Å². The van der Waals surface area contributed by atoms with Gasteiger partial charge in [-0.05, 0) is 110 Å². The smallest absolute Gasteiger partial charge is 0.137 e. The van der Waals surface area contributed by atoms with Crippen LogP contribution >= 0.6 is 0 Å². The van der Waals surface area contributed by atoms with Crippen molar-refractivity contribution in [1.29, 1.82) is 0 Å². The van der Waals surface area contributed by atoms with E-state index in [1.54, 1.807) is 0 Å². The zero-order chi connectivity index (χ0) is 42.2. The highest BCUT2D eigenvalue weighted by Crippen LogP contribution is 2.59. The summed E-state index contributed by atoms with van der Waals surface area (Å²) < 4.78 is 13.2. The van der Waals surface area contributed by atoms with Gasteiger partial charge in [-0.25, -0.2) is 0 Å². The number of rotatable bonds is 7. The maximum Gasteiger partial charge on any atom is 0.137 e. The van der Waals surface area contributed by atoms with Crippen LogP contribution in [0.2, 0.25) is 0 Å². The highest BCUT2D eigenvalue weighted by atomic mass is 16.3. The van der Waals surface area contributed by atoms with E-state index in [0.29, 0.717) is 0 Å². The van der Waals surface area contributed by atoms with E-state index in [0.717, 1.165) is 72.1 Å². The SMILES string of the molecule is c1ccc(-c2cccc3c2-c2ccccc2C3(c2ccccc2)c2cccc(N(c3ccc4oc5cccc(-c6ccccc6)c5c4c3)c3cccc4oc5ccccc5c34)c2)cc1. The molecule has 2 heterocycles. The van der Waals surface area contributed by atoms with Gasteiger partial charge in [0.2, 0.25) is 0 Å². The van der Waals surface area contributed by atoms with Crippen LogP contribution in [-0.4, -0.2) is 0 Å². The van der Waals surface area contributed by atoms with Gasteiger partial charge in [-0.15, -0.1) is 0 Å². The minimum absolute atomic E-state index is 0.622. The topological polar surface area (TPSA) is 29.5 Å². The van der Waals surface area contributed by atoms with Gasteiger partial charge in [0, 0.05) is 27.5 Å². The maximum atomic E-state index is 6.60. The van der Waals surface area contributed by atoms with Gasteiger partial charge in [-0.2, -0.15) is 0 Å². The first-order valence-electron chi connectivity index (χ1n) is 21.9. The van der Waals surface area contributed by atoms with Crippen molar-refractivity contribution in [2.24, 2.45) is 0 Å². The van der Waals surface area contributed by atoms with Crippen LogP contribution in [0.4, 0.5) is 17.1 Å². The lowest BCUT2D eigenvalue weighted by molar-refractivity contribution is 0.668. The van der Waals surface area contributed by atoms with E-state index < -0.39 is 5.41 Å². The van der Waals surface area contributed by atoms with Crippen molar-refractivity contribution < 1.29 is 8.83 Å². The Morgan fingerprint density at radius 1 is 0.328 bits per heavy atom. The van der Waals surface area contributed by atoms with Crippen molar-refractivity contribution in [2.45, 2.75) is 5.41 Å². The van der Waals surface area contributed by atoms with Gasteiger partial charge in [0.1, 0.15) is 22.3 Å². The van der Waals surface area contributed by atoms with Gasteiger partial charge in [-0.3, -0.25) is 0 Å². The second-order valence-electron chi connectivity index (χ2n) is 16.7. The Morgan fingerprint density at radius 2 is 0.875 bits per heavy atom. The summed E-state index contributed by atoms with van der Waals surface area (Å²) in [6.07, 6.45) is 0. The Bertz CT molecular complexity index is 3730. The molecule has 0 radical (unpaired) electrons. The van der Waals surface area contributed by atoms with Crippen molar-refractivity contribution in [3.8, 4) is 33.4 Å². The third-order valence-electron chi connectivity index (χ3n) is 13.3. The first-order valence-corrected chi connectivity index (χ1v) is 21.9. The first-order chi connectivity index (χ1) is 31.8. The molecule has 2 aromatic heterocycles. The van der Waals surface area contributed by atoms with E-state index in [-0.39, 0.29) is 0 Å². The fraction of sp³-hybridized carbons (Fsp3) is 0.0164.